The highest BCUT2D eigenvalue weighted by Crippen LogP contribution is 2.32. The Morgan fingerprint density at radius 1 is 1.07 bits per heavy atom. The average Bonchev–Trinajstić information content (AvgIpc) is 3.20. The lowest BCUT2D eigenvalue weighted by Gasteiger charge is -2.36. The van der Waals surface area contributed by atoms with Crippen LogP contribution in [0.1, 0.15) is 11.1 Å². The smallest absolute Gasteiger partial charge is 0.242 e. The zero-order chi connectivity index (χ0) is 21.4. The van der Waals surface area contributed by atoms with E-state index in [9.17, 15) is 4.79 Å². The first kappa shape index (κ1) is 21.2. The fraction of sp³-hybridized carbons (Fsp3) is 0.364. The molecule has 3 aromatic rings. The summed E-state index contributed by atoms with van der Waals surface area (Å²) in [7, 11) is 1.94. The van der Waals surface area contributed by atoms with E-state index in [1.54, 1.807) is 11.3 Å². The summed E-state index contributed by atoms with van der Waals surface area (Å²) in [4.78, 5) is 23.8. The van der Waals surface area contributed by atoms with Crippen LogP contribution in [0.2, 0.25) is 10.0 Å². The van der Waals surface area contributed by atoms with E-state index in [2.05, 4.69) is 30.9 Å². The zero-order valence-electron chi connectivity index (χ0n) is 17.3. The Kier molecular flexibility index (Phi) is 6.09. The molecule has 158 valence electrons. The van der Waals surface area contributed by atoms with Gasteiger partial charge in [0.25, 0.3) is 0 Å². The fourth-order valence-electron chi connectivity index (χ4n) is 3.68. The molecule has 1 aromatic heterocycles. The van der Waals surface area contributed by atoms with Gasteiger partial charge in [0.2, 0.25) is 5.91 Å². The van der Waals surface area contributed by atoms with E-state index in [4.69, 9.17) is 28.2 Å². The van der Waals surface area contributed by atoms with E-state index < -0.39 is 0 Å². The molecule has 1 aliphatic rings. The number of nitrogens with zero attached hydrogens (tertiary/aromatic N) is 4. The molecule has 0 saturated carbocycles. The first-order valence-corrected chi connectivity index (χ1v) is 11.5. The highest BCUT2D eigenvalue weighted by atomic mass is 35.5. The molecule has 0 unspecified atom stereocenters. The van der Waals surface area contributed by atoms with Gasteiger partial charge in [-0.1, -0.05) is 46.7 Å². The summed E-state index contributed by atoms with van der Waals surface area (Å²) in [5, 5.41) is 1.98. The number of amides is 1. The molecule has 0 spiro atoms. The van der Waals surface area contributed by atoms with Gasteiger partial charge in [-0.05, 0) is 43.2 Å². The molecule has 0 radical (unpaired) electrons. The molecular weight excluding hydrogens is 439 g/mol. The van der Waals surface area contributed by atoms with E-state index in [1.165, 1.54) is 10.3 Å². The topological polar surface area (TPSA) is 39.7 Å². The van der Waals surface area contributed by atoms with Crippen molar-refractivity contribution in [1.82, 2.24) is 9.88 Å². The van der Waals surface area contributed by atoms with Gasteiger partial charge in [-0.2, -0.15) is 0 Å². The summed E-state index contributed by atoms with van der Waals surface area (Å²) in [5.74, 6) is 0.124. The maximum absolute atomic E-state index is 12.9. The van der Waals surface area contributed by atoms with Crippen molar-refractivity contribution in [3.05, 3.63) is 51.5 Å². The van der Waals surface area contributed by atoms with Crippen LogP contribution in [0.15, 0.2) is 30.3 Å². The summed E-state index contributed by atoms with van der Waals surface area (Å²) >= 11 is 13.8. The largest absolute Gasteiger partial charge is 0.368 e. The van der Waals surface area contributed by atoms with Gasteiger partial charge in [0, 0.05) is 38.9 Å². The molecule has 1 fully saturated rings. The summed E-state index contributed by atoms with van der Waals surface area (Å²) < 4.78 is 1.19. The highest BCUT2D eigenvalue weighted by Gasteiger charge is 2.23. The predicted octanol–water partition coefficient (Wildman–Crippen LogP) is 5.00. The normalized spacial score (nSPS) is 14.4. The van der Waals surface area contributed by atoms with Crippen LogP contribution in [-0.2, 0) is 4.79 Å². The Morgan fingerprint density at radius 3 is 2.43 bits per heavy atom. The number of aryl methyl sites for hydroxylation is 2. The summed E-state index contributed by atoms with van der Waals surface area (Å²) in [6.45, 7) is 7.41. The Labute approximate surface area is 190 Å². The standard InChI is InChI=1S/C22H24Cl2N4OS/c1-14-4-5-15(2)21-20(14)25-22(30-21)26(3)13-19(29)28-10-8-27(9-11-28)16-6-7-17(23)18(24)12-16/h4-7,12H,8-11,13H2,1-3H3. The molecule has 8 heteroatoms. The van der Waals surface area contributed by atoms with Gasteiger partial charge in [-0.25, -0.2) is 4.98 Å². The number of carbonyl (C=O) groups is 1. The molecule has 30 heavy (non-hydrogen) atoms. The first-order valence-electron chi connectivity index (χ1n) is 9.89. The van der Waals surface area contributed by atoms with Crippen molar-refractivity contribution in [2.24, 2.45) is 0 Å². The number of likely N-dealkylation sites (N-methyl/N-ethyl adjacent to an activating group) is 1. The van der Waals surface area contributed by atoms with Crippen molar-refractivity contribution in [3.8, 4) is 0 Å². The molecular formula is C22H24Cl2N4OS. The summed E-state index contributed by atoms with van der Waals surface area (Å²) in [6, 6.07) is 9.88. The van der Waals surface area contributed by atoms with Crippen molar-refractivity contribution in [3.63, 3.8) is 0 Å². The van der Waals surface area contributed by atoms with Gasteiger partial charge >= 0.3 is 0 Å². The van der Waals surface area contributed by atoms with Gasteiger partial charge in [0.1, 0.15) is 0 Å². The monoisotopic (exact) mass is 462 g/mol. The van der Waals surface area contributed by atoms with Crippen molar-refractivity contribution in [2.45, 2.75) is 13.8 Å². The minimum absolute atomic E-state index is 0.124. The Hall–Kier alpha value is -2.02. The second-order valence-electron chi connectivity index (χ2n) is 7.70. The second-order valence-corrected chi connectivity index (χ2v) is 9.49. The maximum atomic E-state index is 12.9. The van der Waals surface area contributed by atoms with E-state index in [0.29, 0.717) is 29.7 Å². The van der Waals surface area contributed by atoms with Crippen LogP contribution < -0.4 is 9.80 Å². The van der Waals surface area contributed by atoms with Crippen LogP contribution in [0.3, 0.4) is 0 Å². The van der Waals surface area contributed by atoms with Crippen molar-refractivity contribution >= 4 is 61.5 Å². The molecule has 5 nitrogen and oxygen atoms in total. The van der Waals surface area contributed by atoms with E-state index >= 15 is 0 Å². The van der Waals surface area contributed by atoms with Crippen LogP contribution in [0.25, 0.3) is 10.2 Å². The molecule has 0 bridgehead atoms. The number of aromatic nitrogens is 1. The number of fused-ring (bicyclic) bond motifs is 1. The third-order valence-corrected chi connectivity index (χ3v) is 7.57. The van der Waals surface area contributed by atoms with E-state index in [1.807, 2.05) is 35.0 Å². The molecule has 0 aliphatic carbocycles. The van der Waals surface area contributed by atoms with Crippen LogP contribution in [0.5, 0.6) is 0 Å². The van der Waals surface area contributed by atoms with Gasteiger partial charge in [-0.15, -0.1) is 0 Å². The Balaban J connectivity index is 1.38. The van der Waals surface area contributed by atoms with Gasteiger partial charge in [0.15, 0.2) is 5.13 Å². The number of piperazine rings is 1. The average molecular weight is 463 g/mol. The minimum Gasteiger partial charge on any atom is -0.368 e. The lowest BCUT2D eigenvalue weighted by atomic mass is 10.1. The molecule has 2 aromatic carbocycles. The molecule has 1 saturated heterocycles. The molecule has 2 heterocycles. The van der Waals surface area contributed by atoms with E-state index in [-0.39, 0.29) is 5.91 Å². The number of hydrogen-bond donors (Lipinski definition) is 0. The molecule has 4 rings (SSSR count). The Bertz CT molecular complexity index is 1050. The number of hydrogen-bond acceptors (Lipinski definition) is 5. The van der Waals surface area contributed by atoms with Crippen LogP contribution in [0.4, 0.5) is 10.8 Å². The summed E-state index contributed by atoms with van der Waals surface area (Å²) in [6.07, 6.45) is 0. The number of rotatable bonds is 4. The lowest BCUT2D eigenvalue weighted by molar-refractivity contribution is -0.129. The SMILES string of the molecule is Cc1ccc(C)c2sc(N(C)CC(=O)N3CCN(c4ccc(Cl)c(Cl)c4)CC3)nc12. The van der Waals surface area contributed by atoms with Gasteiger partial charge < -0.3 is 14.7 Å². The first-order chi connectivity index (χ1) is 14.3. The lowest BCUT2D eigenvalue weighted by Crippen LogP contribution is -2.51. The molecule has 1 aliphatic heterocycles. The second kappa shape index (κ2) is 8.61. The number of thiazole rings is 1. The van der Waals surface area contributed by atoms with Crippen LogP contribution >= 0.6 is 34.5 Å². The number of anilines is 2. The number of halogens is 2. The third-order valence-electron chi connectivity index (χ3n) is 5.53. The number of benzene rings is 2. The van der Waals surface area contributed by atoms with Crippen LogP contribution in [-0.4, -0.2) is 55.6 Å². The van der Waals surface area contributed by atoms with Crippen molar-refractivity contribution in [2.75, 3.05) is 49.6 Å². The fourth-order valence-corrected chi connectivity index (χ4v) is 5.04. The molecule has 1 amide bonds. The minimum atomic E-state index is 0.124. The van der Waals surface area contributed by atoms with Crippen molar-refractivity contribution < 1.29 is 4.79 Å². The molecule has 0 N–H and O–H groups in total. The highest BCUT2D eigenvalue weighted by molar-refractivity contribution is 7.22. The summed E-state index contributed by atoms with van der Waals surface area (Å²) in [5.41, 5.74) is 4.45. The third kappa shape index (κ3) is 4.22. The number of carbonyl (C=O) groups excluding carboxylic acids is 1. The zero-order valence-corrected chi connectivity index (χ0v) is 19.6. The maximum Gasteiger partial charge on any atom is 0.242 e. The Morgan fingerprint density at radius 2 is 1.77 bits per heavy atom. The van der Waals surface area contributed by atoms with E-state index in [0.717, 1.165) is 35.0 Å². The van der Waals surface area contributed by atoms with Crippen LogP contribution in [0, 0.1) is 13.8 Å². The predicted molar refractivity (Wildman–Crippen MR) is 128 cm³/mol. The van der Waals surface area contributed by atoms with Crippen molar-refractivity contribution in [1.29, 1.82) is 0 Å². The van der Waals surface area contributed by atoms with Gasteiger partial charge in [-0.3, -0.25) is 4.79 Å². The quantitative estimate of drug-likeness (QED) is 0.546. The molecule has 0 atom stereocenters. The van der Waals surface area contributed by atoms with Gasteiger partial charge in [0.05, 0.1) is 26.8 Å².